The molecule has 0 aliphatic rings. The molecular formula is C15H21NO3. The summed E-state index contributed by atoms with van der Waals surface area (Å²) in [6.07, 6.45) is 3.27. The lowest BCUT2D eigenvalue weighted by Crippen LogP contribution is -2.37. The number of amides is 1. The zero-order valence-electron chi connectivity index (χ0n) is 11.7. The van der Waals surface area contributed by atoms with Gasteiger partial charge in [0, 0.05) is 18.7 Å². The third-order valence-corrected chi connectivity index (χ3v) is 2.76. The van der Waals surface area contributed by atoms with Crippen molar-refractivity contribution in [2.75, 3.05) is 20.3 Å². The van der Waals surface area contributed by atoms with Crippen molar-refractivity contribution in [3.05, 3.63) is 35.9 Å². The minimum atomic E-state index is -0.105. The van der Waals surface area contributed by atoms with E-state index in [4.69, 9.17) is 9.84 Å². The minimum Gasteiger partial charge on any atom is -0.497 e. The van der Waals surface area contributed by atoms with Crippen LogP contribution in [-0.2, 0) is 4.79 Å². The molecule has 0 saturated heterocycles. The van der Waals surface area contributed by atoms with Crippen molar-refractivity contribution in [1.82, 2.24) is 4.90 Å². The van der Waals surface area contributed by atoms with Gasteiger partial charge in [0.05, 0.1) is 13.7 Å². The van der Waals surface area contributed by atoms with Crippen LogP contribution in [0.3, 0.4) is 0 Å². The molecule has 0 aliphatic carbocycles. The fraction of sp³-hybridized carbons (Fsp3) is 0.400. The molecule has 0 radical (unpaired) electrons. The van der Waals surface area contributed by atoms with Gasteiger partial charge >= 0.3 is 0 Å². The Morgan fingerprint density at radius 2 is 2.21 bits per heavy atom. The first kappa shape index (κ1) is 15.2. The molecule has 0 atom stereocenters. The molecule has 0 aliphatic heterocycles. The zero-order valence-corrected chi connectivity index (χ0v) is 11.7. The van der Waals surface area contributed by atoms with Crippen LogP contribution in [0.25, 0.3) is 6.08 Å². The number of aliphatic hydroxyl groups is 1. The molecule has 0 aromatic heterocycles. The molecule has 0 fully saturated rings. The molecule has 1 N–H and O–H groups in total. The van der Waals surface area contributed by atoms with Crippen molar-refractivity contribution in [2.24, 2.45) is 0 Å². The van der Waals surface area contributed by atoms with E-state index >= 15 is 0 Å². The maximum atomic E-state index is 12.0. The summed E-state index contributed by atoms with van der Waals surface area (Å²) < 4.78 is 5.12. The molecule has 1 amide bonds. The maximum absolute atomic E-state index is 12.0. The van der Waals surface area contributed by atoms with Gasteiger partial charge in [0.25, 0.3) is 0 Å². The van der Waals surface area contributed by atoms with Gasteiger partial charge in [-0.05, 0) is 37.6 Å². The van der Waals surface area contributed by atoms with Gasteiger partial charge in [0.15, 0.2) is 0 Å². The van der Waals surface area contributed by atoms with E-state index < -0.39 is 0 Å². The standard InChI is InChI=1S/C15H21NO3/c1-12(2)16(9-10-17)15(18)8-7-13-5-4-6-14(11-13)19-3/h4-8,11-12,17H,9-10H2,1-3H3/b8-7+. The van der Waals surface area contributed by atoms with Crippen molar-refractivity contribution < 1.29 is 14.6 Å². The minimum absolute atomic E-state index is 0.0308. The summed E-state index contributed by atoms with van der Waals surface area (Å²) in [6, 6.07) is 7.55. The predicted octanol–water partition coefficient (Wildman–Crippen LogP) is 1.94. The van der Waals surface area contributed by atoms with Crippen LogP contribution in [0.2, 0.25) is 0 Å². The van der Waals surface area contributed by atoms with E-state index in [1.165, 1.54) is 6.08 Å². The van der Waals surface area contributed by atoms with Crippen molar-refractivity contribution >= 4 is 12.0 Å². The van der Waals surface area contributed by atoms with Crippen molar-refractivity contribution in [3.8, 4) is 5.75 Å². The number of hydrogen-bond donors (Lipinski definition) is 1. The Balaban J connectivity index is 2.76. The average Bonchev–Trinajstić information content (AvgIpc) is 2.42. The molecule has 0 spiro atoms. The molecule has 0 unspecified atom stereocenters. The quantitative estimate of drug-likeness (QED) is 0.798. The molecule has 4 heteroatoms. The Labute approximate surface area is 114 Å². The Bertz CT molecular complexity index is 441. The second kappa shape index (κ2) is 7.59. The van der Waals surface area contributed by atoms with Gasteiger partial charge in [0.2, 0.25) is 5.91 Å². The number of carbonyl (C=O) groups excluding carboxylic acids is 1. The van der Waals surface area contributed by atoms with Crippen LogP contribution >= 0.6 is 0 Å². The third kappa shape index (κ3) is 4.75. The summed E-state index contributed by atoms with van der Waals surface area (Å²) in [5.41, 5.74) is 0.903. The predicted molar refractivity (Wildman–Crippen MR) is 76.0 cm³/mol. The Morgan fingerprint density at radius 3 is 2.79 bits per heavy atom. The summed E-state index contributed by atoms with van der Waals surface area (Å²) in [4.78, 5) is 13.6. The monoisotopic (exact) mass is 263 g/mol. The molecule has 1 aromatic rings. The van der Waals surface area contributed by atoms with E-state index in [0.717, 1.165) is 11.3 Å². The fourth-order valence-corrected chi connectivity index (χ4v) is 1.74. The van der Waals surface area contributed by atoms with Crippen LogP contribution in [0.5, 0.6) is 5.75 Å². The summed E-state index contributed by atoms with van der Waals surface area (Å²) in [5, 5.41) is 8.95. The lowest BCUT2D eigenvalue weighted by molar-refractivity contribution is -0.128. The fourth-order valence-electron chi connectivity index (χ4n) is 1.74. The molecule has 0 bridgehead atoms. The van der Waals surface area contributed by atoms with Gasteiger partial charge in [-0.15, -0.1) is 0 Å². The maximum Gasteiger partial charge on any atom is 0.246 e. The molecule has 1 rings (SSSR count). The Morgan fingerprint density at radius 1 is 1.47 bits per heavy atom. The number of carbonyl (C=O) groups is 1. The molecule has 1 aromatic carbocycles. The van der Waals surface area contributed by atoms with E-state index in [-0.39, 0.29) is 18.6 Å². The van der Waals surface area contributed by atoms with E-state index in [9.17, 15) is 4.79 Å². The molecule has 104 valence electrons. The Kier molecular flexibility index (Phi) is 6.09. The third-order valence-electron chi connectivity index (χ3n) is 2.76. The normalized spacial score (nSPS) is 11.0. The van der Waals surface area contributed by atoms with E-state index in [2.05, 4.69) is 0 Å². The van der Waals surface area contributed by atoms with Gasteiger partial charge < -0.3 is 14.7 Å². The van der Waals surface area contributed by atoms with E-state index in [1.54, 1.807) is 18.1 Å². The number of hydrogen-bond acceptors (Lipinski definition) is 3. The lowest BCUT2D eigenvalue weighted by Gasteiger charge is -2.24. The number of benzene rings is 1. The topological polar surface area (TPSA) is 49.8 Å². The highest BCUT2D eigenvalue weighted by molar-refractivity contribution is 5.92. The number of methoxy groups -OCH3 is 1. The van der Waals surface area contributed by atoms with Crippen molar-refractivity contribution in [1.29, 1.82) is 0 Å². The first-order valence-electron chi connectivity index (χ1n) is 6.32. The number of rotatable bonds is 6. The first-order chi connectivity index (χ1) is 9.08. The highest BCUT2D eigenvalue weighted by Crippen LogP contribution is 2.13. The zero-order chi connectivity index (χ0) is 14.3. The molecule has 19 heavy (non-hydrogen) atoms. The number of ether oxygens (including phenoxy) is 1. The van der Waals surface area contributed by atoms with Crippen molar-refractivity contribution in [3.63, 3.8) is 0 Å². The van der Waals surface area contributed by atoms with Crippen molar-refractivity contribution in [2.45, 2.75) is 19.9 Å². The van der Waals surface area contributed by atoms with Gasteiger partial charge in [-0.3, -0.25) is 4.79 Å². The number of nitrogens with zero attached hydrogens (tertiary/aromatic N) is 1. The molecular weight excluding hydrogens is 242 g/mol. The number of aliphatic hydroxyl groups excluding tert-OH is 1. The van der Waals surface area contributed by atoms with Gasteiger partial charge in [-0.2, -0.15) is 0 Å². The summed E-state index contributed by atoms with van der Waals surface area (Å²) >= 11 is 0. The molecule has 0 saturated carbocycles. The van der Waals surface area contributed by atoms with Crippen LogP contribution in [0.1, 0.15) is 19.4 Å². The van der Waals surface area contributed by atoms with Crippen LogP contribution in [0, 0.1) is 0 Å². The van der Waals surface area contributed by atoms with Gasteiger partial charge in [-0.25, -0.2) is 0 Å². The molecule has 0 heterocycles. The Hall–Kier alpha value is -1.81. The highest BCUT2D eigenvalue weighted by Gasteiger charge is 2.13. The summed E-state index contributed by atoms with van der Waals surface area (Å²) in [7, 11) is 1.61. The van der Waals surface area contributed by atoms with E-state index in [1.807, 2.05) is 38.1 Å². The largest absolute Gasteiger partial charge is 0.497 e. The van der Waals surface area contributed by atoms with Crippen LogP contribution in [0.15, 0.2) is 30.3 Å². The van der Waals surface area contributed by atoms with Crippen LogP contribution < -0.4 is 4.74 Å². The van der Waals surface area contributed by atoms with E-state index in [0.29, 0.717) is 6.54 Å². The summed E-state index contributed by atoms with van der Waals surface area (Å²) in [6.45, 7) is 4.16. The molecule has 4 nitrogen and oxygen atoms in total. The van der Waals surface area contributed by atoms with Crippen LogP contribution in [0.4, 0.5) is 0 Å². The van der Waals surface area contributed by atoms with Crippen LogP contribution in [-0.4, -0.2) is 42.2 Å². The smallest absolute Gasteiger partial charge is 0.246 e. The first-order valence-corrected chi connectivity index (χ1v) is 6.32. The second-order valence-corrected chi connectivity index (χ2v) is 4.46. The van der Waals surface area contributed by atoms with Gasteiger partial charge in [0.1, 0.15) is 5.75 Å². The average molecular weight is 263 g/mol. The highest BCUT2D eigenvalue weighted by atomic mass is 16.5. The lowest BCUT2D eigenvalue weighted by atomic mass is 10.2. The SMILES string of the molecule is COc1cccc(/C=C/C(=O)N(CCO)C(C)C)c1. The second-order valence-electron chi connectivity index (χ2n) is 4.46. The van der Waals surface area contributed by atoms with Gasteiger partial charge in [-0.1, -0.05) is 12.1 Å². The summed E-state index contributed by atoms with van der Waals surface area (Å²) in [5.74, 6) is 0.651.